The molecule has 0 unspecified atom stereocenters. The molecule has 1 aliphatic rings. The Labute approximate surface area is 138 Å². The third-order valence-corrected chi connectivity index (χ3v) is 3.88. The molecule has 24 heavy (non-hydrogen) atoms. The van der Waals surface area contributed by atoms with E-state index in [2.05, 4.69) is 20.2 Å². The van der Waals surface area contributed by atoms with E-state index in [0.29, 0.717) is 12.4 Å². The van der Waals surface area contributed by atoms with Crippen LogP contribution < -0.4 is 16.0 Å². The summed E-state index contributed by atoms with van der Waals surface area (Å²) in [4.78, 5) is 33.5. The van der Waals surface area contributed by atoms with Gasteiger partial charge in [-0.3, -0.25) is 5.32 Å². The third-order valence-electron chi connectivity index (χ3n) is 3.88. The van der Waals surface area contributed by atoms with Crippen molar-refractivity contribution in [1.82, 2.24) is 14.5 Å². The molecule has 0 atom stereocenters. The first-order valence-corrected chi connectivity index (χ1v) is 8.27. The van der Waals surface area contributed by atoms with Gasteiger partial charge < -0.3 is 14.2 Å². The fourth-order valence-electron chi connectivity index (χ4n) is 2.63. The molecule has 0 radical (unpaired) electrons. The third kappa shape index (κ3) is 3.66. The number of carbonyl (C=O) groups excluding carboxylic acids is 1. The number of hydrogen-bond acceptors (Lipinski definition) is 7. The molecule has 130 valence electrons. The van der Waals surface area contributed by atoms with Crippen molar-refractivity contribution in [3.63, 3.8) is 0 Å². The van der Waals surface area contributed by atoms with Crippen molar-refractivity contribution >= 4 is 23.5 Å². The Kier molecular flexibility index (Phi) is 4.97. The first kappa shape index (κ1) is 16.3. The lowest BCUT2D eigenvalue weighted by molar-refractivity contribution is 0.159. The first-order valence-electron chi connectivity index (χ1n) is 8.27. The highest BCUT2D eigenvalue weighted by Gasteiger charge is 2.18. The molecule has 1 aliphatic heterocycles. The molecule has 0 aliphatic carbocycles. The van der Waals surface area contributed by atoms with Crippen molar-refractivity contribution < 1.29 is 14.1 Å². The van der Waals surface area contributed by atoms with Crippen LogP contribution >= 0.6 is 0 Å². The molecule has 3 rings (SSSR count). The van der Waals surface area contributed by atoms with E-state index in [0.717, 1.165) is 43.3 Å². The van der Waals surface area contributed by atoms with E-state index in [-0.39, 0.29) is 11.6 Å². The van der Waals surface area contributed by atoms with E-state index in [9.17, 15) is 9.59 Å². The molecule has 1 N–H and O–H groups in total. The predicted molar refractivity (Wildman–Crippen MR) is 87.5 cm³/mol. The summed E-state index contributed by atoms with van der Waals surface area (Å²) in [6.45, 7) is 4.11. The maximum Gasteiger partial charge on any atom is 0.461 e. The zero-order chi connectivity index (χ0) is 16.9. The molecule has 1 saturated heterocycles. The van der Waals surface area contributed by atoms with Crippen LogP contribution in [0.3, 0.4) is 0 Å². The molecular weight excluding hydrogens is 314 g/mol. The summed E-state index contributed by atoms with van der Waals surface area (Å²) in [6, 6.07) is 1.67. The van der Waals surface area contributed by atoms with E-state index in [1.54, 1.807) is 6.07 Å². The molecule has 0 saturated carbocycles. The van der Waals surface area contributed by atoms with Crippen LogP contribution in [-0.4, -0.2) is 40.3 Å². The predicted octanol–water partition coefficient (Wildman–Crippen LogP) is 2.02. The van der Waals surface area contributed by atoms with E-state index < -0.39 is 11.8 Å². The summed E-state index contributed by atoms with van der Waals surface area (Å²) in [5.41, 5.74) is 0. The number of ether oxygens (including phenoxy) is 1. The molecular formula is C15H21N5O4. The number of hydrogen-bond donors (Lipinski definition) is 1. The van der Waals surface area contributed by atoms with Crippen LogP contribution in [-0.2, 0) is 4.74 Å². The molecule has 9 heteroatoms. The Bertz CT molecular complexity index is 763. The van der Waals surface area contributed by atoms with Gasteiger partial charge in [0.1, 0.15) is 5.82 Å². The van der Waals surface area contributed by atoms with E-state index in [1.807, 2.05) is 6.92 Å². The molecule has 0 aromatic carbocycles. The Morgan fingerprint density at radius 1 is 1.33 bits per heavy atom. The van der Waals surface area contributed by atoms with Crippen LogP contribution in [0.15, 0.2) is 15.4 Å². The zero-order valence-electron chi connectivity index (χ0n) is 13.7. The number of anilines is 2. The summed E-state index contributed by atoms with van der Waals surface area (Å²) < 4.78 is 11.2. The minimum Gasteiger partial charge on any atom is -0.449 e. The number of fused-ring (bicyclic) bond motifs is 1. The lowest BCUT2D eigenvalue weighted by Crippen LogP contribution is -2.30. The molecule has 0 bridgehead atoms. The van der Waals surface area contributed by atoms with Gasteiger partial charge in [0, 0.05) is 19.2 Å². The quantitative estimate of drug-likeness (QED) is 0.834. The van der Waals surface area contributed by atoms with Gasteiger partial charge in [-0.1, -0.05) is 13.3 Å². The summed E-state index contributed by atoms with van der Waals surface area (Å²) in [6.07, 6.45) is 4.48. The highest BCUT2D eigenvalue weighted by atomic mass is 16.6. The van der Waals surface area contributed by atoms with Gasteiger partial charge in [-0.25, -0.2) is 9.59 Å². The molecule has 1 fully saturated rings. The largest absolute Gasteiger partial charge is 0.461 e. The number of aromatic nitrogens is 3. The molecule has 3 heterocycles. The SMILES string of the molecule is CCCCOC(=O)Nc1cc(N2CCCCC2)nc2nc(=O)on12. The summed E-state index contributed by atoms with van der Waals surface area (Å²) in [7, 11) is 0. The fraction of sp³-hybridized carbons (Fsp3) is 0.600. The topological polar surface area (TPSA) is 102 Å². The lowest BCUT2D eigenvalue weighted by atomic mass is 10.1. The molecule has 2 aromatic heterocycles. The van der Waals surface area contributed by atoms with Crippen LogP contribution in [0.2, 0.25) is 0 Å². The van der Waals surface area contributed by atoms with Crippen LogP contribution in [0.25, 0.3) is 5.78 Å². The fourth-order valence-corrected chi connectivity index (χ4v) is 2.63. The van der Waals surface area contributed by atoms with Crippen LogP contribution in [0.1, 0.15) is 39.0 Å². The summed E-state index contributed by atoms with van der Waals surface area (Å²) in [5, 5.41) is 2.60. The monoisotopic (exact) mass is 335 g/mol. The normalized spacial score (nSPS) is 14.8. The number of rotatable bonds is 5. The van der Waals surface area contributed by atoms with Crippen LogP contribution in [0, 0.1) is 0 Å². The molecule has 2 aromatic rings. The van der Waals surface area contributed by atoms with Gasteiger partial charge in [0.15, 0.2) is 5.82 Å². The van der Waals surface area contributed by atoms with Gasteiger partial charge in [0.25, 0.3) is 5.78 Å². The van der Waals surface area contributed by atoms with Crippen LogP contribution in [0.5, 0.6) is 0 Å². The Morgan fingerprint density at radius 3 is 2.88 bits per heavy atom. The number of amides is 1. The number of piperidine rings is 1. The van der Waals surface area contributed by atoms with Gasteiger partial charge in [-0.15, -0.1) is 9.56 Å². The van der Waals surface area contributed by atoms with Gasteiger partial charge in [0.05, 0.1) is 6.61 Å². The number of unbranched alkanes of at least 4 members (excludes halogenated alkanes) is 1. The van der Waals surface area contributed by atoms with Gasteiger partial charge >= 0.3 is 11.8 Å². The van der Waals surface area contributed by atoms with Crippen molar-refractivity contribution in [3.8, 4) is 0 Å². The number of nitrogens with zero attached hydrogens (tertiary/aromatic N) is 4. The van der Waals surface area contributed by atoms with E-state index >= 15 is 0 Å². The van der Waals surface area contributed by atoms with Gasteiger partial charge in [-0.2, -0.15) is 4.98 Å². The first-order chi connectivity index (χ1) is 11.7. The second-order valence-electron chi connectivity index (χ2n) is 5.73. The van der Waals surface area contributed by atoms with Crippen molar-refractivity contribution in [2.24, 2.45) is 0 Å². The maximum absolute atomic E-state index is 11.9. The zero-order valence-corrected chi connectivity index (χ0v) is 13.7. The van der Waals surface area contributed by atoms with E-state index in [4.69, 9.17) is 9.26 Å². The van der Waals surface area contributed by atoms with Gasteiger partial charge in [-0.05, 0) is 25.7 Å². The molecule has 0 spiro atoms. The Morgan fingerprint density at radius 2 is 2.12 bits per heavy atom. The summed E-state index contributed by atoms with van der Waals surface area (Å²) in [5.74, 6) is 0.288. The van der Waals surface area contributed by atoms with Crippen molar-refractivity contribution in [3.05, 3.63) is 16.6 Å². The Balaban J connectivity index is 1.86. The Hall–Kier alpha value is -2.58. The van der Waals surface area contributed by atoms with Gasteiger partial charge in [0.2, 0.25) is 0 Å². The van der Waals surface area contributed by atoms with Crippen molar-refractivity contribution in [1.29, 1.82) is 0 Å². The van der Waals surface area contributed by atoms with Crippen molar-refractivity contribution in [2.45, 2.75) is 39.0 Å². The van der Waals surface area contributed by atoms with Crippen LogP contribution in [0.4, 0.5) is 16.4 Å². The molecule has 1 amide bonds. The highest BCUT2D eigenvalue weighted by Crippen LogP contribution is 2.22. The second kappa shape index (κ2) is 7.33. The maximum atomic E-state index is 11.9. The lowest BCUT2D eigenvalue weighted by Gasteiger charge is -2.27. The second-order valence-corrected chi connectivity index (χ2v) is 5.73. The smallest absolute Gasteiger partial charge is 0.449 e. The standard InChI is InChI=1S/C15H21N5O4/c1-2-3-9-23-14(21)17-12-10-11(19-7-5-4-6-8-19)16-13-18-15(22)24-20(12)13/h10H,2-9H2,1H3,(H,17,21). The number of carbonyl (C=O) groups is 1. The average Bonchev–Trinajstić information content (AvgIpc) is 2.96. The van der Waals surface area contributed by atoms with E-state index in [1.165, 1.54) is 6.42 Å². The minimum absolute atomic E-state index is 0.118. The molecule has 9 nitrogen and oxygen atoms in total. The number of nitrogens with one attached hydrogen (secondary N) is 1. The summed E-state index contributed by atoms with van der Waals surface area (Å²) >= 11 is 0. The average molecular weight is 335 g/mol. The minimum atomic E-state index is -0.763. The van der Waals surface area contributed by atoms with Crippen molar-refractivity contribution in [2.75, 3.05) is 29.9 Å². The highest BCUT2D eigenvalue weighted by molar-refractivity contribution is 5.84.